The third kappa shape index (κ3) is 5.42. The molecular weight excluding hydrogens is 432 g/mol. The summed E-state index contributed by atoms with van der Waals surface area (Å²) in [6, 6.07) is 7.53. The number of nitrogens with zero attached hydrogens (tertiary/aromatic N) is 2. The minimum absolute atomic E-state index is 0. The van der Waals surface area contributed by atoms with E-state index in [1.807, 2.05) is 38.1 Å². The van der Waals surface area contributed by atoms with Gasteiger partial charge in [0.15, 0.2) is 5.75 Å². The van der Waals surface area contributed by atoms with E-state index in [2.05, 4.69) is 15.0 Å². The van der Waals surface area contributed by atoms with Crippen molar-refractivity contribution in [3.8, 4) is 5.75 Å². The molecule has 0 bridgehead atoms. The number of alkyl halides is 1. The summed E-state index contributed by atoms with van der Waals surface area (Å²) < 4.78 is 43.4. The molecule has 0 aliphatic carbocycles. The summed E-state index contributed by atoms with van der Waals surface area (Å²) in [7, 11) is 0. The van der Waals surface area contributed by atoms with Crippen LogP contribution in [0.2, 0.25) is 0 Å². The van der Waals surface area contributed by atoms with E-state index in [0.29, 0.717) is 29.8 Å². The Hall–Kier alpha value is -1.20. The number of aromatic nitrogens is 3. The number of hydrogen-bond acceptors (Lipinski definition) is 6. The SMILES string of the molecule is Cc1cnc(C[S+]([O-])c2nc3ccccc3[nH]2)c(C)c1OCC1(CF)OCCCO1.[NaH]. The summed E-state index contributed by atoms with van der Waals surface area (Å²) in [5, 5.41) is 0.404. The van der Waals surface area contributed by atoms with Gasteiger partial charge in [-0.2, -0.15) is 4.98 Å². The Labute approximate surface area is 205 Å². The Kier molecular flexibility index (Phi) is 8.37. The fourth-order valence-electron chi connectivity index (χ4n) is 3.35. The van der Waals surface area contributed by atoms with Crippen molar-refractivity contribution in [2.75, 3.05) is 26.5 Å². The van der Waals surface area contributed by atoms with Crippen LogP contribution < -0.4 is 4.74 Å². The Morgan fingerprint density at radius 3 is 2.71 bits per heavy atom. The van der Waals surface area contributed by atoms with Crippen molar-refractivity contribution in [3.63, 3.8) is 0 Å². The Balaban J connectivity index is 0.00000272. The van der Waals surface area contributed by atoms with Crippen molar-refractivity contribution in [1.82, 2.24) is 15.0 Å². The van der Waals surface area contributed by atoms with Gasteiger partial charge in [0.05, 0.1) is 29.9 Å². The van der Waals surface area contributed by atoms with Crippen LogP contribution in [-0.4, -0.2) is 81.3 Å². The van der Waals surface area contributed by atoms with Crippen LogP contribution in [0.5, 0.6) is 5.75 Å². The molecule has 1 aromatic carbocycles. The number of pyridine rings is 1. The molecule has 1 aliphatic heterocycles. The average molecular weight is 458 g/mol. The van der Waals surface area contributed by atoms with Crippen molar-refractivity contribution in [2.24, 2.45) is 0 Å². The minimum atomic E-state index is -1.40. The summed E-state index contributed by atoms with van der Waals surface area (Å²) >= 11 is -1.40. The van der Waals surface area contributed by atoms with Gasteiger partial charge in [0.2, 0.25) is 5.79 Å². The summed E-state index contributed by atoms with van der Waals surface area (Å²) in [5.41, 5.74) is 3.79. The number of benzene rings is 1. The third-order valence-electron chi connectivity index (χ3n) is 5.06. The fourth-order valence-corrected chi connectivity index (χ4v) is 4.45. The topological polar surface area (TPSA) is 92.3 Å². The van der Waals surface area contributed by atoms with E-state index in [0.717, 1.165) is 28.6 Å². The van der Waals surface area contributed by atoms with Crippen molar-refractivity contribution < 1.29 is 23.2 Å². The summed E-state index contributed by atoms with van der Waals surface area (Å²) in [6.45, 7) is 3.72. The van der Waals surface area contributed by atoms with E-state index in [9.17, 15) is 8.94 Å². The van der Waals surface area contributed by atoms with Crippen molar-refractivity contribution in [1.29, 1.82) is 0 Å². The number of nitrogens with one attached hydrogen (secondary N) is 1. The molecule has 1 fully saturated rings. The number of para-hydroxylation sites is 2. The Bertz CT molecular complexity index is 996. The van der Waals surface area contributed by atoms with Crippen molar-refractivity contribution in [3.05, 3.63) is 47.3 Å². The molecule has 1 aliphatic rings. The third-order valence-corrected chi connectivity index (χ3v) is 6.22. The van der Waals surface area contributed by atoms with Gasteiger partial charge in [-0.05, 0) is 32.4 Å². The molecule has 162 valence electrons. The second-order valence-corrected chi connectivity index (χ2v) is 8.64. The summed E-state index contributed by atoms with van der Waals surface area (Å²) in [5.74, 6) is -0.617. The van der Waals surface area contributed by atoms with Gasteiger partial charge >= 0.3 is 34.7 Å². The van der Waals surface area contributed by atoms with Gasteiger partial charge in [0.25, 0.3) is 0 Å². The monoisotopic (exact) mass is 457 g/mol. The Morgan fingerprint density at radius 1 is 1.26 bits per heavy atom. The number of halogens is 1. The van der Waals surface area contributed by atoms with Crippen LogP contribution >= 0.6 is 0 Å². The van der Waals surface area contributed by atoms with Crippen LogP contribution in [-0.2, 0) is 26.4 Å². The number of hydrogen-bond donors (Lipinski definition) is 1. The van der Waals surface area contributed by atoms with Crippen LogP contribution in [0.1, 0.15) is 23.2 Å². The van der Waals surface area contributed by atoms with E-state index in [1.165, 1.54) is 0 Å². The molecule has 4 rings (SSSR count). The second-order valence-electron chi connectivity index (χ2n) is 7.27. The molecule has 0 spiro atoms. The molecule has 1 unspecified atom stereocenters. The molecule has 2 aromatic heterocycles. The molecule has 0 amide bonds. The van der Waals surface area contributed by atoms with Gasteiger partial charge < -0.3 is 18.8 Å². The van der Waals surface area contributed by atoms with E-state index in [4.69, 9.17) is 14.2 Å². The maximum atomic E-state index is 13.6. The molecule has 10 heteroatoms. The first-order valence-corrected chi connectivity index (χ1v) is 11.1. The molecule has 1 N–H and O–H groups in total. The zero-order valence-electron chi connectivity index (χ0n) is 16.9. The number of H-pyrrole nitrogens is 1. The quantitative estimate of drug-likeness (QED) is 0.433. The van der Waals surface area contributed by atoms with Gasteiger partial charge in [-0.3, -0.25) is 9.97 Å². The standard InChI is InChI=1S/C21H24FN3O4S.Na.H/c1-14-10-23-18(11-30(26)20-24-16-6-3-4-7-17(16)25-20)15(2)19(14)27-13-21(12-22)28-8-5-9-29-21;;/h3-4,6-7,10H,5,8-9,11-13H2,1-2H3,(H,24,25);;. The van der Waals surface area contributed by atoms with Gasteiger partial charge in [-0.15, -0.1) is 0 Å². The molecule has 3 aromatic rings. The number of imidazole rings is 1. The zero-order chi connectivity index (χ0) is 21.1. The van der Waals surface area contributed by atoms with Crippen LogP contribution in [0, 0.1) is 13.8 Å². The molecule has 0 radical (unpaired) electrons. The molecule has 31 heavy (non-hydrogen) atoms. The van der Waals surface area contributed by atoms with Crippen molar-refractivity contribution >= 4 is 51.8 Å². The fraction of sp³-hybridized carbons (Fsp3) is 0.429. The van der Waals surface area contributed by atoms with E-state index in [1.54, 1.807) is 6.20 Å². The maximum absolute atomic E-state index is 13.6. The first-order valence-electron chi connectivity index (χ1n) is 9.76. The van der Waals surface area contributed by atoms with Gasteiger partial charge in [-0.25, -0.2) is 4.39 Å². The normalized spacial score (nSPS) is 16.6. The number of rotatable bonds is 7. The molecular formula is C21H25FN3NaO4S. The van der Waals surface area contributed by atoms with Crippen LogP contribution in [0.3, 0.4) is 0 Å². The predicted octanol–water partition coefficient (Wildman–Crippen LogP) is 2.72. The van der Waals surface area contributed by atoms with E-state index < -0.39 is 23.6 Å². The van der Waals surface area contributed by atoms with Crippen molar-refractivity contribution in [2.45, 2.75) is 37.0 Å². The number of ether oxygens (including phenoxy) is 3. The first-order chi connectivity index (χ1) is 14.5. The molecule has 1 atom stereocenters. The van der Waals surface area contributed by atoms with E-state index >= 15 is 0 Å². The molecule has 1 saturated heterocycles. The summed E-state index contributed by atoms with van der Waals surface area (Å²) in [4.78, 5) is 11.9. The number of aromatic amines is 1. The predicted molar refractivity (Wildman–Crippen MR) is 118 cm³/mol. The van der Waals surface area contributed by atoms with Crippen LogP contribution in [0.4, 0.5) is 4.39 Å². The Morgan fingerprint density at radius 2 is 2.00 bits per heavy atom. The van der Waals surface area contributed by atoms with Crippen LogP contribution in [0.25, 0.3) is 11.0 Å². The van der Waals surface area contributed by atoms with Gasteiger partial charge in [0.1, 0.15) is 19.0 Å². The average Bonchev–Trinajstić information content (AvgIpc) is 3.21. The molecule has 3 heterocycles. The molecule has 7 nitrogen and oxygen atoms in total. The molecule has 0 saturated carbocycles. The number of aryl methyl sites for hydroxylation is 1. The first kappa shape index (κ1) is 24.4. The van der Waals surface area contributed by atoms with Gasteiger partial charge in [-0.1, -0.05) is 12.1 Å². The van der Waals surface area contributed by atoms with E-state index in [-0.39, 0.29) is 41.9 Å². The van der Waals surface area contributed by atoms with Crippen LogP contribution in [0.15, 0.2) is 35.6 Å². The zero-order valence-corrected chi connectivity index (χ0v) is 17.8. The van der Waals surface area contributed by atoms with Gasteiger partial charge in [0, 0.05) is 28.5 Å². The second kappa shape index (κ2) is 10.6. The number of fused-ring (bicyclic) bond motifs is 1. The summed E-state index contributed by atoms with van der Waals surface area (Å²) in [6.07, 6.45) is 2.39.